The van der Waals surface area contributed by atoms with Gasteiger partial charge in [-0.1, -0.05) is 29.8 Å². The van der Waals surface area contributed by atoms with E-state index in [0.717, 1.165) is 22.9 Å². The van der Waals surface area contributed by atoms with Crippen LogP contribution in [0.2, 0.25) is 0 Å². The van der Waals surface area contributed by atoms with Crippen molar-refractivity contribution < 1.29 is 9.59 Å². The summed E-state index contributed by atoms with van der Waals surface area (Å²) in [6.45, 7) is 2.32. The van der Waals surface area contributed by atoms with E-state index in [4.69, 9.17) is 0 Å². The fourth-order valence-corrected chi connectivity index (χ4v) is 2.55. The Morgan fingerprint density at radius 3 is 2.42 bits per heavy atom. The molecule has 2 amide bonds. The van der Waals surface area contributed by atoms with Crippen LogP contribution in [0.4, 0.5) is 4.79 Å². The molecule has 1 fully saturated rings. The number of nitrogens with zero attached hydrogens (tertiary/aromatic N) is 2. The van der Waals surface area contributed by atoms with Crippen molar-refractivity contribution >= 4 is 29.0 Å². The van der Waals surface area contributed by atoms with Crippen LogP contribution in [-0.2, 0) is 4.79 Å². The minimum absolute atomic E-state index is 0.211. The van der Waals surface area contributed by atoms with Crippen LogP contribution >= 0.6 is 11.8 Å². The highest BCUT2D eigenvalue weighted by atomic mass is 32.2. The Balaban J connectivity index is 2.20. The van der Waals surface area contributed by atoms with Crippen LogP contribution in [-0.4, -0.2) is 41.7 Å². The van der Waals surface area contributed by atoms with Crippen molar-refractivity contribution in [2.24, 2.45) is 0 Å². The molecule has 19 heavy (non-hydrogen) atoms. The average Bonchev–Trinajstić information content (AvgIpc) is 2.60. The molecule has 1 saturated heterocycles. The van der Waals surface area contributed by atoms with Crippen molar-refractivity contribution in [1.29, 1.82) is 0 Å². The molecular formula is C14H16N2O2S. The molecule has 0 N–H and O–H groups in total. The molecule has 1 aromatic carbocycles. The van der Waals surface area contributed by atoms with Crippen LogP contribution in [0.25, 0.3) is 6.08 Å². The summed E-state index contributed by atoms with van der Waals surface area (Å²) < 4.78 is 0. The summed E-state index contributed by atoms with van der Waals surface area (Å²) in [4.78, 5) is 27.4. The van der Waals surface area contributed by atoms with E-state index < -0.39 is 0 Å². The normalized spacial score (nSPS) is 17.9. The van der Waals surface area contributed by atoms with E-state index in [2.05, 4.69) is 0 Å². The quantitative estimate of drug-likeness (QED) is 0.796. The van der Waals surface area contributed by atoms with Gasteiger partial charge in [0, 0.05) is 0 Å². The number of imide groups is 1. The van der Waals surface area contributed by atoms with Gasteiger partial charge in [-0.15, -0.1) is 0 Å². The zero-order valence-corrected chi connectivity index (χ0v) is 12.0. The topological polar surface area (TPSA) is 40.6 Å². The summed E-state index contributed by atoms with van der Waals surface area (Å²) in [5.74, 6) is -0.218. The Bertz CT molecular complexity index is 535. The molecule has 0 saturated carbocycles. The number of hydrogen-bond donors (Lipinski definition) is 0. The van der Waals surface area contributed by atoms with Gasteiger partial charge < -0.3 is 0 Å². The molecule has 1 heterocycles. The SMILES string of the molecule is Cc1ccc(/C=C2\SC(=O)N(CN(C)C)C2=O)cc1. The van der Waals surface area contributed by atoms with E-state index in [0.29, 0.717) is 11.6 Å². The summed E-state index contributed by atoms with van der Waals surface area (Å²) in [7, 11) is 3.65. The molecule has 1 aliphatic rings. The third-order valence-corrected chi connectivity index (χ3v) is 3.58. The predicted molar refractivity (Wildman–Crippen MR) is 77.5 cm³/mol. The van der Waals surface area contributed by atoms with Gasteiger partial charge in [-0.05, 0) is 44.4 Å². The summed E-state index contributed by atoms with van der Waals surface area (Å²) in [5, 5.41) is -0.211. The Kier molecular flexibility index (Phi) is 4.07. The Morgan fingerprint density at radius 1 is 1.21 bits per heavy atom. The molecule has 0 aromatic heterocycles. The summed E-state index contributed by atoms with van der Waals surface area (Å²) in [6.07, 6.45) is 1.76. The molecule has 2 rings (SSSR count). The zero-order valence-electron chi connectivity index (χ0n) is 11.2. The maximum atomic E-state index is 12.1. The van der Waals surface area contributed by atoms with Crippen LogP contribution in [0.3, 0.4) is 0 Å². The number of carbonyl (C=O) groups is 2. The first kappa shape index (κ1) is 13.8. The molecule has 1 aromatic rings. The second kappa shape index (κ2) is 5.59. The van der Waals surface area contributed by atoms with Gasteiger partial charge in [0.25, 0.3) is 11.1 Å². The van der Waals surface area contributed by atoms with Crippen molar-refractivity contribution in [2.45, 2.75) is 6.92 Å². The highest BCUT2D eigenvalue weighted by Gasteiger charge is 2.35. The second-order valence-electron chi connectivity index (χ2n) is 4.74. The summed E-state index contributed by atoms with van der Waals surface area (Å²) in [5.41, 5.74) is 2.10. The fourth-order valence-electron chi connectivity index (χ4n) is 1.72. The van der Waals surface area contributed by atoms with Gasteiger partial charge in [0.05, 0.1) is 11.6 Å². The lowest BCUT2D eigenvalue weighted by molar-refractivity contribution is -0.123. The molecule has 0 spiro atoms. The lowest BCUT2D eigenvalue weighted by Gasteiger charge is -2.17. The van der Waals surface area contributed by atoms with Crippen molar-refractivity contribution in [1.82, 2.24) is 9.80 Å². The lowest BCUT2D eigenvalue weighted by atomic mass is 10.1. The van der Waals surface area contributed by atoms with E-state index >= 15 is 0 Å². The van der Waals surface area contributed by atoms with Crippen molar-refractivity contribution in [3.63, 3.8) is 0 Å². The van der Waals surface area contributed by atoms with Crippen LogP contribution in [0.5, 0.6) is 0 Å². The Morgan fingerprint density at radius 2 is 1.84 bits per heavy atom. The number of carbonyl (C=O) groups excluding carboxylic acids is 2. The highest BCUT2D eigenvalue weighted by Crippen LogP contribution is 2.32. The van der Waals surface area contributed by atoms with Crippen molar-refractivity contribution in [2.75, 3.05) is 20.8 Å². The molecule has 5 heteroatoms. The van der Waals surface area contributed by atoms with Gasteiger partial charge in [0.1, 0.15) is 0 Å². The van der Waals surface area contributed by atoms with Crippen LogP contribution in [0.15, 0.2) is 29.2 Å². The predicted octanol–water partition coefficient (Wildman–Crippen LogP) is 2.55. The largest absolute Gasteiger partial charge is 0.294 e. The molecule has 0 aliphatic carbocycles. The first-order chi connectivity index (χ1) is 8.97. The molecule has 0 bridgehead atoms. The first-order valence-corrected chi connectivity index (χ1v) is 6.76. The Hall–Kier alpha value is -1.59. The Labute approximate surface area is 117 Å². The number of thioether (sulfide) groups is 1. The monoisotopic (exact) mass is 276 g/mol. The van der Waals surface area contributed by atoms with E-state index in [1.54, 1.807) is 11.0 Å². The van der Waals surface area contributed by atoms with Crippen LogP contribution in [0, 0.1) is 6.92 Å². The van der Waals surface area contributed by atoms with Gasteiger partial charge in [-0.25, -0.2) is 0 Å². The molecule has 0 atom stereocenters. The summed E-state index contributed by atoms with van der Waals surface area (Å²) in [6, 6.07) is 7.84. The van der Waals surface area contributed by atoms with Crippen molar-refractivity contribution in [3.05, 3.63) is 40.3 Å². The minimum atomic E-state index is -0.218. The van der Waals surface area contributed by atoms with Gasteiger partial charge >= 0.3 is 0 Å². The number of rotatable bonds is 3. The molecule has 0 unspecified atom stereocenters. The lowest BCUT2D eigenvalue weighted by Crippen LogP contribution is -2.36. The standard InChI is InChI=1S/C14H16N2O2S/c1-10-4-6-11(7-5-10)8-12-13(17)16(9-15(2)3)14(18)19-12/h4-8H,9H2,1-3H3/b12-8-. The molecule has 1 aliphatic heterocycles. The van der Waals surface area contributed by atoms with Crippen molar-refractivity contribution in [3.8, 4) is 0 Å². The van der Waals surface area contributed by atoms with Gasteiger partial charge in [0.2, 0.25) is 0 Å². The maximum absolute atomic E-state index is 12.1. The highest BCUT2D eigenvalue weighted by molar-refractivity contribution is 8.18. The van der Waals surface area contributed by atoms with Gasteiger partial charge in [-0.2, -0.15) is 0 Å². The maximum Gasteiger partial charge on any atom is 0.294 e. The molecule has 100 valence electrons. The first-order valence-electron chi connectivity index (χ1n) is 5.94. The van der Waals surface area contributed by atoms with Crippen LogP contribution in [0.1, 0.15) is 11.1 Å². The number of hydrogen-bond acceptors (Lipinski definition) is 4. The zero-order chi connectivity index (χ0) is 14.0. The van der Waals surface area contributed by atoms with Gasteiger partial charge in [-0.3, -0.25) is 19.4 Å². The minimum Gasteiger partial charge on any atom is -0.292 e. The average molecular weight is 276 g/mol. The van der Waals surface area contributed by atoms with Gasteiger partial charge in [0.15, 0.2) is 0 Å². The van der Waals surface area contributed by atoms with E-state index in [9.17, 15) is 9.59 Å². The number of amides is 2. The number of benzene rings is 1. The van der Waals surface area contributed by atoms with E-state index in [1.807, 2.05) is 45.3 Å². The summed E-state index contributed by atoms with van der Waals surface area (Å²) >= 11 is 0.995. The van der Waals surface area contributed by atoms with E-state index in [-0.39, 0.29) is 11.1 Å². The molecule has 4 nitrogen and oxygen atoms in total. The molecule has 0 radical (unpaired) electrons. The number of aryl methyl sites for hydroxylation is 1. The second-order valence-corrected chi connectivity index (χ2v) is 5.73. The fraction of sp³-hybridized carbons (Fsp3) is 0.286. The third-order valence-electron chi connectivity index (χ3n) is 2.67. The van der Waals surface area contributed by atoms with E-state index in [1.165, 1.54) is 4.90 Å². The van der Waals surface area contributed by atoms with Crippen LogP contribution < -0.4 is 0 Å². The molecular weight excluding hydrogens is 260 g/mol. The third kappa shape index (κ3) is 3.24. The smallest absolute Gasteiger partial charge is 0.292 e.